The lowest BCUT2D eigenvalue weighted by molar-refractivity contribution is -0.120. The largest absolute Gasteiger partial charge is 0.326 e. The minimum Gasteiger partial charge on any atom is -0.326 e. The SMILES string of the molecule is N#Cc1cc(NC(=O)C2CCN(S(=O)(=O)c3ccc4c(c3)CCC4)CC2)ccc1Cl. The molecule has 8 heteroatoms. The summed E-state index contributed by atoms with van der Waals surface area (Å²) in [5.41, 5.74) is 3.18. The van der Waals surface area contributed by atoms with Crippen molar-refractivity contribution in [3.63, 3.8) is 0 Å². The standard InChI is InChI=1S/C22H22ClN3O3S/c23-21-7-5-19(12-18(21)14-24)25-22(27)16-8-10-26(11-9-16)30(28,29)20-6-4-15-2-1-3-17(15)13-20/h4-7,12-13,16H,1-3,8-11H2,(H,25,27). The molecule has 1 N–H and O–H groups in total. The van der Waals surface area contributed by atoms with Gasteiger partial charge in [0.25, 0.3) is 0 Å². The average molecular weight is 444 g/mol. The van der Waals surface area contributed by atoms with E-state index < -0.39 is 10.0 Å². The molecule has 0 aromatic heterocycles. The Morgan fingerprint density at radius 3 is 2.57 bits per heavy atom. The van der Waals surface area contributed by atoms with Gasteiger partial charge in [-0.1, -0.05) is 17.7 Å². The van der Waals surface area contributed by atoms with E-state index in [9.17, 15) is 13.2 Å². The van der Waals surface area contributed by atoms with Gasteiger partial charge >= 0.3 is 0 Å². The second kappa shape index (κ2) is 8.38. The number of amides is 1. The van der Waals surface area contributed by atoms with Crippen LogP contribution in [0.15, 0.2) is 41.3 Å². The summed E-state index contributed by atoms with van der Waals surface area (Å²) in [5, 5.41) is 12.2. The van der Waals surface area contributed by atoms with Crippen molar-refractivity contribution in [3.05, 3.63) is 58.1 Å². The summed E-state index contributed by atoms with van der Waals surface area (Å²) in [6, 6.07) is 12.2. The molecular weight excluding hydrogens is 422 g/mol. The minimum absolute atomic E-state index is 0.171. The summed E-state index contributed by atoms with van der Waals surface area (Å²) in [4.78, 5) is 13.0. The van der Waals surface area contributed by atoms with Crippen molar-refractivity contribution in [2.75, 3.05) is 18.4 Å². The number of sulfonamides is 1. The van der Waals surface area contributed by atoms with Crippen LogP contribution in [0.1, 0.15) is 36.0 Å². The van der Waals surface area contributed by atoms with E-state index in [0.29, 0.717) is 47.1 Å². The number of hydrogen-bond donors (Lipinski definition) is 1. The third kappa shape index (κ3) is 4.08. The highest BCUT2D eigenvalue weighted by Crippen LogP contribution is 2.29. The fourth-order valence-corrected chi connectivity index (χ4v) is 5.83. The first-order valence-electron chi connectivity index (χ1n) is 10.0. The van der Waals surface area contributed by atoms with Crippen LogP contribution < -0.4 is 5.32 Å². The maximum atomic E-state index is 13.0. The van der Waals surface area contributed by atoms with Gasteiger partial charge < -0.3 is 5.32 Å². The number of nitriles is 1. The molecule has 30 heavy (non-hydrogen) atoms. The average Bonchev–Trinajstić information content (AvgIpc) is 3.23. The topological polar surface area (TPSA) is 90.3 Å². The Labute approximate surface area is 181 Å². The van der Waals surface area contributed by atoms with Crippen molar-refractivity contribution in [2.45, 2.75) is 37.0 Å². The molecule has 4 rings (SSSR count). The van der Waals surface area contributed by atoms with Gasteiger partial charge in [0.05, 0.1) is 15.5 Å². The van der Waals surface area contributed by atoms with E-state index >= 15 is 0 Å². The number of halogens is 1. The van der Waals surface area contributed by atoms with Crippen LogP contribution in [0.3, 0.4) is 0 Å². The summed E-state index contributed by atoms with van der Waals surface area (Å²) < 4.78 is 27.6. The molecule has 0 radical (unpaired) electrons. The maximum absolute atomic E-state index is 13.0. The first kappa shape index (κ1) is 20.9. The van der Waals surface area contributed by atoms with Crippen molar-refractivity contribution in [1.82, 2.24) is 4.31 Å². The normalized spacial score (nSPS) is 17.3. The molecule has 156 valence electrons. The van der Waals surface area contributed by atoms with Gasteiger partial charge in [-0.25, -0.2) is 8.42 Å². The number of anilines is 1. The molecule has 0 atom stereocenters. The van der Waals surface area contributed by atoms with Crippen LogP contribution in [0, 0.1) is 17.2 Å². The van der Waals surface area contributed by atoms with Gasteiger partial charge in [0.15, 0.2) is 0 Å². The smallest absolute Gasteiger partial charge is 0.243 e. The lowest BCUT2D eigenvalue weighted by Gasteiger charge is -2.30. The number of aryl methyl sites for hydroxylation is 2. The van der Waals surface area contributed by atoms with Gasteiger partial charge in [0, 0.05) is 24.7 Å². The van der Waals surface area contributed by atoms with Gasteiger partial charge in [-0.15, -0.1) is 0 Å². The Morgan fingerprint density at radius 1 is 1.10 bits per heavy atom. The molecule has 0 unspecified atom stereocenters. The van der Waals surface area contributed by atoms with Gasteiger partial charge in [0.2, 0.25) is 15.9 Å². The predicted octanol–water partition coefficient (Wildman–Crippen LogP) is 3.74. The summed E-state index contributed by atoms with van der Waals surface area (Å²) in [6.45, 7) is 0.614. The number of carbonyl (C=O) groups excluding carboxylic acids is 1. The van der Waals surface area contributed by atoms with Crippen LogP contribution in [0.2, 0.25) is 5.02 Å². The fourth-order valence-electron chi connectivity index (χ4n) is 4.15. The Balaban J connectivity index is 1.39. The van der Waals surface area contributed by atoms with E-state index in [-0.39, 0.29) is 11.8 Å². The van der Waals surface area contributed by atoms with Crippen molar-refractivity contribution < 1.29 is 13.2 Å². The van der Waals surface area contributed by atoms with Crippen LogP contribution in [0.5, 0.6) is 0 Å². The van der Waals surface area contributed by atoms with Crippen molar-refractivity contribution >= 4 is 33.2 Å². The van der Waals surface area contributed by atoms with Crippen molar-refractivity contribution in [3.8, 4) is 6.07 Å². The van der Waals surface area contributed by atoms with Crippen LogP contribution in [-0.2, 0) is 27.7 Å². The lowest BCUT2D eigenvalue weighted by atomic mass is 9.97. The first-order valence-corrected chi connectivity index (χ1v) is 11.8. The molecule has 1 fully saturated rings. The zero-order valence-corrected chi connectivity index (χ0v) is 18.0. The molecule has 6 nitrogen and oxygen atoms in total. The summed E-state index contributed by atoms with van der Waals surface area (Å²) in [6.07, 6.45) is 3.92. The quantitative estimate of drug-likeness (QED) is 0.779. The molecule has 2 aliphatic rings. The van der Waals surface area contributed by atoms with E-state index in [1.807, 2.05) is 18.2 Å². The van der Waals surface area contributed by atoms with Gasteiger partial charge in [0.1, 0.15) is 6.07 Å². The van der Waals surface area contributed by atoms with E-state index in [2.05, 4.69) is 5.32 Å². The monoisotopic (exact) mass is 443 g/mol. The second-order valence-electron chi connectivity index (χ2n) is 7.76. The molecule has 0 saturated carbocycles. The van der Waals surface area contributed by atoms with Crippen LogP contribution in [-0.4, -0.2) is 31.7 Å². The van der Waals surface area contributed by atoms with E-state index in [1.54, 1.807) is 18.2 Å². The van der Waals surface area contributed by atoms with Crippen LogP contribution >= 0.6 is 11.6 Å². The van der Waals surface area contributed by atoms with E-state index in [4.69, 9.17) is 16.9 Å². The first-order chi connectivity index (χ1) is 14.4. The predicted molar refractivity (Wildman–Crippen MR) is 115 cm³/mol. The summed E-state index contributed by atoms with van der Waals surface area (Å²) >= 11 is 5.92. The zero-order valence-electron chi connectivity index (χ0n) is 16.4. The number of fused-ring (bicyclic) bond motifs is 1. The fraction of sp³-hybridized carbons (Fsp3) is 0.364. The molecule has 2 aromatic rings. The van der Waals surface area contributed by atoms with Crippen LogP contribution in [0.25, 0.3) is 0 Å². The highest BCUT2D eigenvalue weighted by Gasteiger charge is 2.32. The molecule has 2 aromatic carbocycles. The number of benzene rings is 2. The van der Waals surface area contributed by atoms with Gasteiger partial charge in [-0.05, 0) is 73.6 Å². The highest BCUT2D eigenvalue weighted by molar-refractivity contribution is 7.89. The molecular formula is C22H22ClN3O3S. The Morgan fingerprint density at radius 2 is 1.83 bits per heavy atom. The third-order valence-corrected chi connectivity index (χ3v) is 8.11. The number of rotatable bonds is 4. The highest BCUT2D eigenvalue weighted by atomic mass is 35.5. The summed E-state index contributed by atoms with van der Waals surface area (Å²) in [5.74, 6) is -0.450. The third-order valence-electron chi connectivity index (χ3n) is 5.89. The van der Waals surface area contributed by atoms with Gasteiger partial charge in [-0.2, -0.15) is 9.57 Å². The number of nitrogens with zero attached hydrogens (tertiary/aromatic N) is 2. The number of hydrogen-bond acceptors (Lipinski definition) is 4. The number of piperidine rings is 1. The Bertz CT molecular complexity index is 1130. The van der Waals surface area contributed by atoms with Crippen molar-refractivity contribution in [1.29, 1.82) is 5.26 Å². The molecule has 1 aliphatic carbocycles. The second-order valence-corrected chi connectivity index (χ2v) is 10.1. The van der Waals surface area contributed by atoms with Crippen molar-refractivity contribution in [2.24, 2.45) is 5.92 Å². The van der Waals surface area contributed by atoms with Crippen LogP contribution in [0.4, 0.5) is 5.69 Å². The maximum Gasteiger partial charge on any atom is 0.243 e. The molecule has 1 aliphatic heterocycles. The molecule has 1 heterocycles. The molecule has 1 amide bonds. The van der Waals surface area contributed by atoms with E-state index in [1.165, 1.54) is 15.9 Å². The summed E-state index contributed by atoms with van der Waals surface area (Å²) in [7, 11) is -3.55. The number of nitrogens with one attached hydrogen (secondary N) is 1. The molecule has 1 saturated heterocycles. The lowest BCUT2D eigenvalue weighted by Crippen LogP contribution is -2.41. The minimum atomic E-state index is -3.55. The Kier molecular flexibility index (Phi) is 5.83. The zero-order chi connectivity index (χ0) is 21.3. The van der Waals surface area contributed by atoms with Gasteiger partial charge in [-0.3, -0.25) is 4.79 Å². The molecule has 0 spiro atoms. The molecule has 0 bridgehead atoms. The van der Waals surface area contributed by atoms with E-state index in [0.717, 1.165) is 24.8 Å². The Hall–Kier alpha value is -2.40. The number of carbonyl (C=O) groups is 1.